The number of nitrogens with zero attached hydrogens (tertiary/aromatic N) is 2. The molecule has 5 nitrogen and oxygen atoms in total. The van der Waals surface area contributed by atoms with Gasteiger partial charge in [0.15, 0.2) is 5.75 Å². The molecule has 2 aromatic rings. The van der Waals surface area contributed by atoms with E-state index in [1.807, 2.05) is 25.2 Å². The highest BCUT2D eigenvalue weighted by Crippen LogP contribution is 2.32. The zero-order chi connectivity index (χ0) is 14.0. The van der Waals surface area contributed by atoms with Gasteiger partial charge in [-0.25, -0.2) is 5.43 Å². The van der Waals surface area contributed by atoms with Crippen LogP contribution in [0.1, 0.15) is 17.3 Å². The van der Waals surface area contributed by atoms with Crippen molar-refractivity contribution in [2.24, 2.45) is 12.9 Å². The van der Waals surface area contributed by atoms with Crippen LogP contribution < -0.4 is 16.0 Å². The molecule has 0 radical (unpaired) electrons. The molecule has 2 rings (SSSR count). The molecule has 1 unspecified atom stereocenters. The molecule has 0 aliphatic heterocycles. The summed E-state index contributed by atoms with van der Waals surface area (Å²) in [7, 11) is 3.47. The van der Waals surface area contributed by atoms with Gasteiger partial charge in [0.2, 0.25) is 0 Å². The lowest BCUT2D eigenvalue weighted by Crippen LogP contribution is -2.30. The number of benzene rings is 1. The largest absolute Gasteiger partial charge is 0.493 e. The summed E-state index contributed by atoms with van der Waals surface area (Å²) in [6, 6.07) is 5.76. The monoisotopic (exact) mass is 388 g/mol. The smallest absolute Gasteiger partial charge is 0.161 e. The summed E-state index contributed by atoms with van der Waals surface area (Å²) in [6.45, 7) is 0. The van der Waals surface area contributed by atoms with E-state index in [9.17, 15) is 0 Å². The molecule has 1 aromatic heterocycles. The first-order valence-electron chi connectivity index (χ1n) is 5.54. The van der Waals surface area contributed by atoms with Crippen molar-refractivity contribution in [2.45, 2.75) is 6.04 Å². The number of aryl methyl sites for hydroxylation is 1. The minimum atomic E-state index is -0.212. The van der Waals surface area contributed by atoms with Crippen LogP contribution in [0.15, 0.2) is 33.3 Å². The van der Waals surface area contributed by atoms with E-state index in [-0.39, 0.29) is 6.04 Å². The molecule has 0 aliphatic rings. The number of rotatable bonds is 4. The second-order valence-corrected chi connectivity index (χ2v) is 5.86. The Labute approximate surface area is 128 Å². The van der Waals surface area contributed by atoms with Crippen molar-refractivity contribution in [3.63, 3.8) is 0 Å². The van der Waals surface area contributed by atoms with Gasteiger partial charge in [-0.15, -0.1) is 0 Å². The molecule has 0 amide bonds. The highest BCUT2D eigenvalue weighted by atomic mass is 79.9. The van der Waals surface area contributed by atoms with E-state index in [0.29, 0.717) is 5.75 Å². The van der Waals surface area contributed by atoms with E-state index in [2.05, 4.69) is 42.4 Å². The maximum atomic E-state index is 5.71. The van der Waals surface area contributed by atoms with Crippen LogP contribution in [0, 0.1) is 0 Å². The number of nitrogens with two attached hydrogens (primary N) is 1. The maximum Gasteiger partial charge on any atom is 0.161 e. The van der Waals surface area contributed by atoms with Crippen LogP contribution in [0.5, 0.6) is 5.75 Å². The molecule has 1 aromatic carbocycles. The summed E-state index contributed by atoms with van der Waals surface area (Å²) in [5.74, 6) is 6.41. The van der Waals surface area contributed by atoms with Gasteiger partial charge in [-0.05, 0) is 23.8 Å². The van der Waals surface area contributed by atoms with Gasteiger partial charge in [0.1, 0.15) is 5.69 Å². The first-order valence-corrected chi connectivity index (χ1v) is 7.13. The Hall–Kier alpha value is -0.890. The molecule has 19 heavy (non-hydrogen) atoms. The third kappa shape index (κ3) is 3.00. The van der Waals surface area contributed by atoms with Gasteiger partial charge in [-0.2, -0.15) is 5.10 Å². The second-order valence-electron chi connectivity index (χ2n) is 4.02. The van der Waals surface area contributed by atoms with Crippen molar-refractivity contribution in [3.05, 3.63) is 44.6 Å². The summed E-state index contributed by atoms with van der Waals surface area (Å²) in [5.41, 5.74) is 4.68. The van der Waals surface area contributed by atoms with E-state index in [4.69, 9.17) is 10.6 Å². The highest BCUT2D eigenvalue weighted by Gasteiger charge is 2.22. The lowest BCUT2D eigenvalue weighted by molar-refractivity contribution is 0.401. The van der Waals surface area contributed by atoms with Gasteiger partial charge in [0.05, 0.1) is 19.3 Å². The SMILES string of the molecule is COc1cnn(C)c1C(NN)c1cc(Br)cc(Br)c1. The number of hydrazine groups is 1. The fraction of sp³-hybridized carbons (Fsp3) is 0.250. The van der Waals surface area contributed by atoms with Crippen LogP contribution in [0.25, 0.3) is 0 Å². The van der Waals surface area contributed by atoms with Crippen LogP contribution >= 0.6 is 31.9 Å². The number of ether oxygens (including phenoxy) is 1. The van der Waals surface area contributed by atoms with Crippen molar-refractivity contribution in [1.29, 1.82) is 0 Å². The van der Waals surface area contributed by atoms with Crippen LogP contribution in [0.2, 0.25) is 0 Å². The lowest BCUT2D eigenvalue weighted by atomic mass is 10.0. The number of hydrogen-bond donors (Lipinski definition) is 2. The normalized spacial score (nSPS) is 12.5. The molecule has 7 heteroatoms. The van der Waals surface area contributed by atoms with Crippen molar-refractivity contribution in [3.8, 4) is 5.75 Å². The number of hydrogen-bond acceptors (Lipinski definition) is 4. The third-order valence-corrected chi connectivity index (χ3v) is 3.74. The third-order valence-electron chi connectivity index (χ3n) is 2.83. The van der Waals surface area contributed by atoms with Gasteiger partial charge in [0, 0.05) is 16.0 Å². The minimum absolute atomic E-state index is 0.212. The molecule has 0 aliphatic carbocycles. The second kappa shape index (κ2) is 6.04. The standard InChI is InChI=1S/C12H14Br2N4O/c1-18-12(10(19-2)6-16-18)11(17-15)7-3-8(13)5-9(14)4-7/h3-6,11,17H,15H2,1-2H3. The zero-order valence-electron chi connectivity index (χ0n) is 10.5. The Balaban J connectivity index is 2.52. The van der Waals surface area contributed by atoms with Crippen LogP contribution in [-0.2, 0) is 7.05 Å². The van der Waals surface area contributed by atoms with Crippen molar-refractivity contribution >= 4 is 31.9 Å². The predicted molar refractivity (Wildman–Crippen MR) is 80.8 cm³/mol. The Morgan fingerprint density at radius 2 is 1.95 bits per heavy atom. The van der Waals surface area contributed by atoms with Gasteiger partial charge in [-0.1, -0.05) is 31.9 Å². The topological polar surface area (TPSA) is 65.1 Å². The van der Waals surface area contributed by atoms with Crippen LogP contribution in [0.4, 0.5) is 0 Å². The summed E-state index contributed by atoms with van der Waals surface area (Å²) >= 11 is 6.95. The fourth-order valence-electron chi connectivity index (χ4n) is 1.99. The molecular formula is C12H14Br2N4O. The summed E-state index contributed by atoms with van der Waals surface area (Å²) in [5, 5.41) is 4.20. The Bertz CT molecular complexity index is 565. The van der Waals surface area contributed by atoms with Gasteiger partial charge >= 0.3 is 0 Å². The number of aromatic nitrogens is 2. The average molecular weight is 390 g/mol. The van der Waals surface area contributed by atoms with Crippen molar-refractivity contribution < 1.29 is 4.74 Å². The van der Waals surface area contributed by atoms with Crippen LogP contribution in [-0.4, -0.2) is 16.9 Å². The van der Waals surface area contributed by atoms with Crippen LogP contribution in [0.3, 0.4) is 0 Å². The fourth-order valence-corrected chi connectivity index (χ4v) is 3.32. The molecule has 1 heterocycles. The quantitative estimate of drug-likeness (QED) is 0.622. The number of nitrogens with one attached hydrogen (secondary N) is 1. The summed E-state index contributed by atoms with van der Waals surface area (Å²) in [6.07, 6.45) is 1.67. The van der Waals surface area contributed by atoms with E-state index in [1.54, 1.807) is 18.0 Å². The van der Waals surface area contributed by atoms with Gasteiger partial charge in [0.25, 0.3) is 0 Å². The Morgan fingerprint density at radius 1 is 1.32 bits per heavy atom. The molecule has 0 bridgehead atoms. The summed E-state index contributed by atoms with van der Waals surface area (Å²) in [4.78, 5) is 0. The maximum absolute atomic E-state index is 5.71. The van der Waals surface area contributed by atoms with E-state index < -0.39 is 0 Å². The average Bonchev–Trinajstić information content (AvgIpc) is 2.71. The molecule has 0 saturated heterocycles. The highest BCUT2D eigenvalue weighted by molar-refractivity contribution is 9.11. The Kier molecular flexibility index (Phi) is 4.62. The lowest BCUT2D eigenvalue weighted by Gasteiger charge is -2.18. The molecule has 0 saturated carbocycles. The van der Waals surface area contributed by atoms with E-state index in [1.165, 1.54) is 0 Å². The number of methoxy groups -OCH3 is 1. The van der Waals surface area contributed by atoms with Crippen molar-refractivity contribution in [1.82, 2.24) is 15.2 Å². The molecule has 3 N–H and O–H groups in total. The summed E-state index contributed by atoms with van der Waals surface area (Å²) < 4.78 is 9.02. The molecular weight excluding hydrogens is 376 g/mol. The van der Waals surface area contributed by atoms with Gasteiger partial charge in [-0.3, -0.25) is 10.5 Å². The molecule has 0 spiro atoms. The first kappa shape index (κ1) is 14.5. The van der Waals surface area contributed by atoms with Gasteiger partial charge < -0.3 is 4.74 Å². The molecule has 102 valence electrons. The first-order chi connectivity index (χ1) is 9.06. The van der Waals surface area contributed by atoms with E-state index >= 15 is 0 Å². The zero-order valence-corrected chi connectivity index (χ0v) is 13.7. The van der Waals surface area contributed by atoms with E-state index in [0.717, 1.165) is 20.2 Å². The number of halogens is 2. The predicted octanol–water partition coefficient (Wildman–Crippen LogP) is 2.51. The van der Waals surface area contributed by atoms with Crippen molar-refractivity contribution in [2.75, 3.05) is 7.11 Å². The minimum Gasteiger partial charge on any atom is -0.493 e. The molecule has 1 atom stereocenters. The molecule has 0 fully saturated rings. The Morgan fingerprint density at radius 3 is 2.47 bits per heavy atom.